The van der Waals surface area contributed by atoms with Crippen LogP contribution in [0.5, 0.6) is 11.5 Å². The van der Waals surface area contributed by atoms with Gasteiger partial charge in [-0.1, -0.05) is 17.7 Å². The standard InChI is InChI=1S/C18H17ClN2O6S/c1-25-13-9-11(8-12(19)17(13)26-2)5-6-16(23)27-10-15(22)20-21-18(24)14-4-3-7-28-14/h3-9H,10H2,1-2H3,(H,20,22)(H,21,24). The Morgan fingerprint density at radius 2 is 1.96 bits per heavy atom. The Bertz CT molecular complexity index is 882. The smallest absolute Gasteiger partial charge is 0.331 e. The van der Waals surface area contributed by atoms with Gasteiger partial charge in [0.25, 0.3) is 11.8 Å². The summed E-state index contributed by atoms with van der Waals surface area (Å²) < 4.78 is 15.1. The van der Waals surface area contributed by atoms with Crippen molar-refractivity contribution in [2.45, 2.75) is 0 Å². The number of benzene rings is 1. The van der Waals surface area contributed by atoms with Gasteiger partial charge in [0.2, 0.25) is 0 Å². The van der Waals surface area contributed by atoms with Gasteiger partial charge in [-0.15, -0.1) is 11.3 Å². The molecular formula is C18H17ClN2O6S. The normalized spacial score (nSPS) is 10.4. The first-order chi connectivity index (χ1) is 13.4. The summed E-state index contributed by atoms with van der Waals surface area (Å²) in [5.41, 5.74) is 4.95. The maximum absolute atomic E-state index is 11.7. The van der Waals surface area contributed by atoms with E-state index in [2.05, 4.69) is 10.9 Å². The van der Waals surface area contributed by atoms with Crippen LogP contribution >= 0.6 is 22.9 Å². The molecule has 2 N–H and O–H groups in total. The monoisotopic (exact) mass is 424 g/mol. The number of nitrogens with one attached hydrogen (secondary N) is 2. The topological polar surface area (TPSA) is 103 Å². The lowest BCUT2D eigenvalue weighted by molar-refractivity contribution is -0.144. The van der Waals surface area contributed by atoms with E-state index >= 15 is 0 Å². The van der Waals surface area contributed by atoms with Gasteiger partial charge in [0.15, 0.2) is 18.1 Å². The zero-order chi connectivity index (χ0) is 20.5. The molecule has 2 rings (SSSR count). The lowest BCUT2D eigenvalue weighted by Crippen LogP contribution is -2.43. The van der Waals surface area contributed by atoms with Gasteiger partial charge in [-0.25, -0.2) is 4.79 Å². The molecule has 0 atom stereocenters. The van der Waals surface area contributed by atoms with E-state index in [0.717, 1.165) is 6.08 Å². The molecule has 0 aliphatic carbocycles. The molecule has 1 aromatic heterocycles. The van der Waals surface area contributed by atoms with Crippen LogP contribution in [0.15, 0.2) is 35.7 Å². The highest BCUT2D eigenvalue weighted by molar-refractivity contribution is 7.12. The van der Waals surface area contributed by atoms with Crippen LogP contribution in [-0.2, 0) is 14.3 Å². The van der Waals surface area contributed by atoms with E-state index in [1.54, 1.807) is 29.6 Å². The number of esters is 1. The summed E-state index contributed by atoms with van der Waals surface area (Å²) in [6.45, 7) is -0.555. The van der Waals surface area contributed by atoms with Gasteiger partial charge in [0, 0.05) is 6.08 Å². The molecule has 0 radical (unpaired) electrons. The third-order valence-electron chi connectivity index (χ3n) is 3.27. The first-order valence-electron chi connectivity index (χ1n) is 7.83. The van der Waals surface area contributed by atoms with E-state index in [0.29, 0.717) is 27.0 Å². The minimum absolute atomic E-state index is 0.315. The molecule has 0 aliphatic rings. The summed E-state index contributed by atoms with van der Waals surface area (Å²) in [6.07, 6.45) is 2.59. The number of halogens is 1. The van der Waals surface area contributed by atoms with Crippen LogP contribution in [0.25, 0.3) is 6.08 Å². The molecule has 0 aliphatic heterocycles. The number of hydrazine groups is 1. The van der Waals surface area contributed by atoms with Crippen molar-refractivity contribution in [1.82, 2.24) is 10.9 Å². The number of amides is 2. The van der Waals surface area contributed by atoms with Gasteiger partial charge in [-0.2, -0.15) is 0 Å². The van der Waals surface area contributed by atoms with E-state index < -0.39 is 24.4 Å². The number of rotatable bonds is 7. The first-order valence-corrected chi connectivity index (χ1v) is 9.09. The lowest BCUT2D eigenvalue weighted by atomic mass is 10.2. The van der Waals surface area contributed by atoms with Crippen LogP contribution in [0.3, 0.4) is 0 Å². The summed E-state index contributed by atoms with van der Waals surface area (Å²) in [4.78, 5) is 35.5. The van der Waals surface area contributed by atoms with E-state index in [1.165, 1.54) is 31.6 Å². The van der Waals surface area contributed by atoms with Crippen molar-refractivity contribution in [3.63, 3.8) is 0 Å². The molecule has 0 fully saturated rings. The fourth-order valence-electron chi connectivity index (χ4n) is 2.02. The summed E-state index contributed by atoms with van der Waals surface area (Å²) in [5, 5.41) is 2.05. The quantitative estimate of drug-likeness (QED) is 0.402. The van der Waals surface area contributed by atoms with Crippen molar-refractivity contribution in [2.75, 3.05) is 20.8 Å². The van der Waals surface area contributed by atoms with Crippen LogP contribution in [0.2, 0.25) is 5.02 Å². The van der Waals surface area contributed by atoms with E-state index in [1.807, 2.05) is 0 Å². The Hall–Kier alpha value is -3.04. The SMILES string of the molecule is COc1cc(C=CC(=O)OCC(=O)NNC(=O)c2cccs2)cc(Cl)c1OC. The number of carbonyl (C=O) groups is 3. The van der Waals surface area contributed by atoms with Crippen molar-refractivity contribution >= 4 is 46.8 Å². The Morgan fingerprint density at radius 1 is 1.18 bits per heavy atom. The number of carbonyl (C=O) groups excluding carboxylic acids is 3. The van der Waals surface area contributed by atoms with Crippen LogP contribution in [-0.4, -0.2) is 38.6 Å². The van der Waals surface area contributed by atoms with Crippen molar-refractivity contribution in [1.29, 1.82) is 0 Å². The predicted octanol–water partition coefficient (Wildman–Crippen LogP) is 2.44. The zero-order valence-corrected chi connectivity index (χ0v) is 16.6. The minimum atomic E-state index is -0.745. The number of ether oxygens (including phenoxy) is 3. The van der Waals surface area contributed by atoms with Crippen LogP contribution in [0.1, 0.15) is 15.2 Å². The van der Waals surface area contributed by atoms with Gasteiger partial charge < -0.3 is 14.2 Å². The molecule has 1 heterocycles. The van der Waals surface area contributed by atoms with Crippen molar-refractivity contribution in [2.24, 2.45) is 0 Å². The minimum Gasteiger partial charge on any atom is -0.493 e. The number of methoxy groups -OCH3 is 2. The molecule has 0 unspecified atom stereocenters. The summed E-state index contributed by atoms with van der Waals surface area (Å²) in [5.74, 6) is -1.10. The molecule has 148 valence electrons. The number of hydrogen-bond donors (Lipinski definition) is 2. The van der Waals surface area contributed by atoms with Crippen molar-refractivity contribution < 1.29 is 28.6 Å². The number of thiophene rings is 1. The van der Waals surface area contributed by atoms with Crippen LogP contribution in [0.4, 0.5) is 0 Å². The number of hydrogen-bond acceptors (Lipinski definition) is 7. The highest BCUT2D eigenvalue weighted by Crippen LogP contribution is 2.36. The Balaban J connectivity index is 1.82. The van der Waals surface area contributed by atoms with Crippen molar-refractivity contribution in [3.05, 3.63) is 51.2 Å². The van der Waals surface area contributed by atoms with E-state index in [-0.39, 0.29) is 0 Å². The summed E-state index contributed by atoms with van der Waals surface area (Å²) in [7, 11) is 2.93. The van der Waals surface area contributed by atoms with E-state index in [4.69, 9.17) is 25.8 Å². The molecule has 0 bridgehead atoms. The lowest BCUT2D eigenvalue weighted by Gasteiger charge is -2.10. The Kier molecular flexibility index (Phi) is 7.85. The predicted molar refractivity (Wildman–Crippen MR) is 104 cm³/mol. The molecular weight excluding hydrogens is 408 g/mol. The summed E-state index contributed by atoms with van der Waals surface area (Å²) in [6, 6.07) is 6.53. The van der Waals surface area contributed by atoms with Crippen molar-refractivity contribution in [3.8, 4) is 11.5 Å². The van der Waals surface area contributed by atoms with Gasteiger partial charge in [-0.3, -0.25) is 20.4 Å². The molecule has 0 saturated heterocycles. The molecule has 8 nitrogen and oxygen atoms in total. The average Bonchev–Trinajstić information content (AvgIpc) is 3.23. The molecule has 0 spiro atoms. The molecule has 2 aromatic rings. The highest BCUT2D eigenvalue weighted by atomic mass is 35.5. The third kappa shape index (κ3) is 6.00. The largest absolute Gasteiger partial charge is 0.493 e. The Labute approximate surface area is 170 Å². The van der Waals surface area contributed by atoms with Gasteiger partial charge in [-0.05, 0) is 35.2 Å². The van der Waals surface area contributed by atoms with Gasteiger partial charge >= 0.3 is 5.97 Å². The van der Waals surface area contributed by atoms with Gasteiger partial charge in [0.1, 0.15) is 0 Å². The highest BCUT2D eigenvalue weighted by Gasteiger charge is 2.11. The second-order valence-corrected chi connectivity index (χ2v) is 6.51. The summed E-state index contributed by atoms with van der Waals surface area (Å²) >= 11 is 7.31. The average molecular weight is 425 g/mol. The maximum atomic E-state index is 11.7. The van der Waals surface area contributed by atoms with Crippen LogP contribution in [0, 0.1) is 0 Å². The van der Waals surface area contributed by atoms with Crippen LogP contribution < -0.4 is 20.3 Å². The molecule has 0 saturated carbocycles. The zero-order valence-electron chi connectivity index (χ0n) is 15.0. The van der Waals surface area contributed by atoms with E-state index in [9.17, 15) is 14.4 Å². The van der Waals surface area contributed by atoms with Gasteiger partial charge in [0.05, 0.1) is 24.1 Å². The first kappa shape index (κ1) is 21.3. The second kappa shape index (κ2) is 10.3. The fourth-order valence-corrected chi connectivity index (χ4v) is 2.93. The Morgan fingerprint density at radius 3 is 2.61 bits per heavy atom. The second-order valence-electron chi connectivity index (χ2n) is 5.16. The molecule has 1 aromatic carbocycles. The fraction of sp³-hybridized carbons (Fsp3) is 0.167. The molecule has 2 amide bonds. The third-order valence-corrected chi connectivity index (χ3v) is 4.42. The molecule has 28 heavy (non-hydrogen) atoms. The molecule has 10 heteroatoms. The maximum Gasteiger partial charge on any atom is 0.331 e.